The largest absolute Gasteiger partial charge is 0.507 e. The van der Waals surface area contributed by atoms with Crippen LogP contribution < -0.4 is 14.9 Å². The van der Waals surface area contributed by atoms with Crippen molar-refractivity contribution in [1.82, 2.24) is 4.98 Å². The predicted molar refractivity (Wildman–Crippen MR) is 96.4 cm³/mol. The average Bonchev–Trinajstić information content (AvgIpc) is 3.12. The van der Waals surface area contributed by atoms with Gasteiger partial charge in [-0.25, -0.2) is 4.98 Å². The van der Waals surface area contributed by atoms with Crippen LogP contribution in [0.4, 0.5) is 22.7 Å². The van der Waals surface area contributed by atoms with Crippen LogP contribution in [0.3, 0.4) is 0 Å². The number of alkyl halides is 4. The van der Waals surface area contributed by atoms with E-state index in [1.54, 1.807) is 0 Å². The summed E-state index contributed by atoms with van der Waals surface area (Å²) in [6.07, 6.45) is -8.18. The number of anilines is 1. The van der Waals surface area contributed by atoms with Gasteiger partial charge in [0.15, 0.2) is 11.5 Å². The molecule has 0 saturated carbocycles. The third kappa shape index (κ3) is 3.50. The Morgan fingerprint density at radius 3 is 2.43 bits per heavy atom. The van der Waals surface area contributed by atoms with Gasteiger partial charge < -0.3 is 9.47 Å². The Balaban J connectivity index is 1.46. The molecule has 10 heteroatoms. The molecule has 2 heterocycles. The SMILES string of the molecule is FC1(F)Oc2ccc(C=NNc3nc(-c4ccccc4)cs3)cc2OC1(F)F. The van der Waals surface area contributed by atoms with Gasteiger partial charge in [-0.15, -0.1) is 11.3 Å². The Bertz CT molecular complexity index is 1020. The van der Waals surface area contributed by atoms with Gasteiger partial charge in [0.1, 0.15) is 0 Å². The average molecular weight is 409 g/mol. The van der Waals surface area contributed by atoms with E-state index < -0.39 is 23.7 Å². The molecule has 0 spiro atoms. The Labute approximate surface area is 160 Å². The molecule has 0 atom stereocenters. The van der Waals surface area contributed by atoms with Crippen molar-refractivity contribution < 1.29 is 27.0 Å². The smallest absolute Gasteiger partial charge is 0.421 e. The van der Waals surface area contributed by atoms with E-state index in [0.717, 1.165) is 23.4 Å². The van der Waals surface area contributed by atoms with Gasteiger partial charge in [-0.3, -0.25) is 5.43 Å². The zero-order valence-electron chi connectivity index (χ0n) is 13.9. The molecule has 0 unspecified atom stereocenters. The van der Waals surface area contributed by atoms with Crippen molar-refractivity contribution in [3.05, 3.63) is 59.5 Å². The lowest BCUT2D eigenvalue weighted by molar-refractivity contribution is -0.391. The van der Waals surface area contributed by atoms with Gasteiger partial charge in [-0.05, 0) is 23.8 Å². The van der Waals surface area contributed by atoms with Gasteiger partial charge in [0.05, 0.1) is 11.9 Å². The number of fused-ring (bicyclic) bond motifs is 1. The second-order valence-electron chi connectivity index (χ2n) is 5.72. The van der Waals surface area contributed by atoms with Crippen LogP contribution in [0.5, 0.6) is 11.5 Å². The first kappa shape index (κ1) is 18.2. The number of rotatable bonds is 4. The molecule has 2 aromatic carbocycles. The van der Waals surface area contributed by atoms with Crippen LogP contribution in [-0.4, -0.2) is 23.4 Å². The van der Waals surface area contributed by atoms with Gasteiger partial charge >= 0.3 is 12.2 Å². The fraction of sp³-hybridized carbons (Fsp3) is 0.111. The lowest BCUT2D eigenvalue weighted by atomic mass is 10.2. The van der Waals surface area contributed by atoms with E-state index in [0.29, 0.717) is 10.7 Å². The van der Waals surface area contributed by atoms with E-state index in [4.69, 9.17) is 0 Å². The molecule has 3 aromatic rings. The van der Waals surface area contributed by atoms with Gasteiger partial charge in [0, 0.05) is 10.9 Å². The summed E-state index contributed by atoms with van der Waals surface area (Å²) in [4.78, 5) is 4.38. The summed E-state index contributed by atoms with van der Waals surface area (Å²) in [6, 6.07) is 13.2. The van der Waals surface area contributed by atoms with Crippen molar-refractivity contribution in [2.24, 2.45) is 5.10 Å². The van der Waals surface area contributed by atoms with E-state index >= 15 is 0 Å². The number of hydrazone groups is 1. The monoisotopic (exact) mass is 409 g/mol. The first-order valence-electron chi connectivity index (χ1n) is 7.92. The zero-order valence-corrected chi connectivity index (χ0v) is 14.7. The lowest BCUT2D eigenvalue weighted by Gasteiger charge is -2.31. The highest BCUT2D eigenvalue weighted by Crippen LogP contribution is 2.46. The second-order valence-corrected chi connectivity index (χ2v) is 6.58. The van der Waals surface area contributed by atoms with Crippen molar-refractivity contribution in [2.45, 2.75) is 12.2 Å². The molecule has 0 saturated heterocycles. The van der Waals surface area contributed by atoms with E-state index in [9.17, 15) is 17.6 Å². The number of ether oxygens (including phenoxy) is 2. The molecule has 1 aliphatic rings. The molecule has 0 radical (unpaired) electrons. The third-order valence-corrected chi connectivity index (χ3v) is 4.48. The van der Waals surface area contributed by atoms with Crippen molar-refractivity contribution in [3.8, 4) is 22.8 Å². The molecule has 1 aromatic heterocycles. The Morgan fingerprint density at radius 2 is 1.68 bits per heavy atom. The van der Waals surface area contributed by atoms with Crippen LogP contribution in [0.2, 0.25) is 0 Å². The topological polar surface area (TPSA) is 55.7 Å². The van der Waals surface area contributed by atoms with Crippen molar-refractivity contribution in [2.75, 3.05) is 5.43 Å². The summed E-state index contributed by atoms with van der Waals surface area (Å²) in [5, 5.41) is 6.36. The summed E-state index contributed by atoms with van der Waals surface area (Å²) >= 11 is 1.34. The number of nitrogens with one attached hydrogen (secondary N) is 1. The van der Waals surface area contributed by atoms with E-state index in [1.165, 1.54) is 23.6 Å². The highest BCUT2D eigenvalue weighted by molar-refractivity contribution is 7.14. The van der Waals surface area contributed by atoms with Crippen molar-refractivity contribution in [1.29, 1.82) is 0 Å². The molecule has 4 rings (SSSR count). The number of nitrogens with zero attached hydrogens (tertiary/aromatic N) is 2. The zero-order chi connectivity index (χ0) is 19.8. The maximum atomic E-state index is 13.3. The molecule has 28 heavy (non-hydrogen) atoms. The highest BCUT2D eigenvalue weighted by Gasteiger charge is 2.65. The summed E-state index contributed by atoms with van der Waals surface area (Å²) in [7, 11) is 0. The molecular formula is C18H11F4N3O2S. The second kappa shape index (κ2) is 6.79. The molecule has 144 valence electrons. The van der Waals surface area contributed by atoms with Crippen LogP contribution in [0.1, 0.15) is 5.56 Å². The standard InChI is InChI=1S/C18H11F4N3O2S/c19-17(20)18(21,22)27-15-8-11(6-7-14(15)26-17)9-23-25-16-24-13(10-28-16)12-4-2-1-3-5-12/h1-10H,(H,24,25). The quantitative estimate of drug-likeness (QED) is 0.365. The summed E-state index contributed by atoms with van der Waals surface area (Å²) in [5.74, 6) is -0.978. The summed E-state index contributed by atoms with van der Waals surface area (Å²) in [5.41, 5.74) is 4.81. The van der Waals surface area contributed by atoms with Crippen LogP contribution in [-0.2, 0) is 0 Å². The van der Waals surface area contributed by atoms with Crippen LogP contribution in [0.15, 0.2) is 59.0 Å². The first-order valence-corrected chi connectivity index (χ1v) is 8.80. The van der Waals surface area contributed by atoms with Gasteiger partial charge in [-0.2, -0.15) is 22.7 Å². The fourth-order valence-corrected chi connectivity index (χ4v) is 3.06. The number of hydrogen-bond acceptors (Lipinski definition) is 6. The number of halogens is 4. The molecule has 0 aliphatic carbocycles. The van der Waals surface area contributed by atoms with Gasteiger partial charge in [0.2, 0.25) is 5.13 Å². The number of benzene rings is 2. The Hall–Kier alpha value is -3.14. The van der Waals surface area contributed by atoms with E-state index in [-0.39, 0.29) is 0 Å². The molecule has 0 amide bonds. The molecular weight excluding hydrogens is 398 g/mol. The number of aromatic nitrogens is 1. The third-order valence-electron chi connectivity index (χ3n) is 3.73. The summed E-state index contributed by atoms with van der Waals surface area (Å²) in [6.45, 7) is 0. The maximum Gasteiger partial charge on any atom is 0.507 e. The van der Waals surface area contributed by atoms with Gasteiger partial charge in [-0.1, -0.05) is 30.3 Å². The Kier molecular flexibility index (Phi) is 4.42. The van der Waals surface area contributed by atoms with E-state index in [1.807, 2.05) is 35.7 Å². The minimum atomic E-state index is -4.76. The van der Waals surface area contributed by atoms with Crippen molar-refractivity contribution >= 4 is 22.7 Å². The van der Waals surface area contributed by atoms with Crippen molar-refractivity contribution in [3.63, 3.8) is 0 Å². The first-order chi connectivity index (χ1) is 13.3. The minimum Gasteiger partial charge on any atom is -0.421 e. The number of hydrogen-bond donors (Lipinski definition) is 1. The van der Waals surface area contributed by atoms with Crippen LogP contribution in [0.25, 0.3) is 11.3 Å². The molecule has 5 nitrogen and oxygen atoms in total. The lowest BCUT2D eigenvalue weighted by Crippen LogP contribution is -2.52. The molecule has 0 fully saturated rings. The maximum absolute atomic E-state index is 13.3. The fourth-order valence-electron chi connectivity index (χ4n) is 2.39. The normalized spacial score (nSPS) is 16.9. The molecule has 1 aliphatic heterocycles. The number of thiazole rings is 1. The predicted octanol–water partition coefficient (Wildman–Crippen LogP) is 5.21. The minimum absolute atomic E-state index is 0.343. The van der Waals surface area contributed by atoms with Crippen LogP contribution >= 0.6 is 11.3 Å². The Morgan fingerprint density at radius 1 is 0.964 bits per heavy atom. The van der Waals surface area contributed by atoms with Crippen LogP contribution in [0, 0.1) is 0 Å². The highest BCUT2D eigenvalue weighted by atomic mass is 32.1. The van der Waals surface area contributed by atoms with Gasteiger partial charge in [0.25, 0.3) is 0 Å². The molecule has 1 N–H and O–H groups in total. The summed E-state index contributed by atoms with van der Waals surface area (Å²) < 4.78 is 60.9. The molecule has 0 bridgehead atoms. The van der Waals surface area contributed by atoms with E-state index in [2.05, 4.69) is 25.0 Å².